The maximum absolute atomic E-state index is 12.8. The minimum absolute atomic E-state index is 0.0417. The molecule has 0 aliphatic carbocycles. The summed E-state index contributed by atoms with van der Waals surface area (Å²) in [4.78, 5) is 26.7. The number of ether oxygens (including phenoxy) is 1. The Bertz CT molecular complexity index is 1030. The van der Waals surface area contributed by atoms with Gasteiger partial charge in [0.05, 0.1) is 29.2 Å². The largest absolute Gasteiger partial charge is 0.460 e. The lowest BCUT2D eigenvalue weighted by Gasteiger charge is -2.39. The molecule has 0 atom stereocenters. The number of carbonyl (C=O) groups excluding carboxylic acids is 2. The highest BCUT2D eigenvalue weighted by atomic mass is 32.2. The van der Waals surface area contributed by atoms with Crippen LogP contribution in [0, 0.1) is 0 Å². The molecule has 0 spiro atoms. The molecule has 0 unspecified atom stereocenters. The first-order chi connectivity index (χ1) is 13.6. The molecule has 1 aliphatic rings. The number of nitrogens with one attached hydrogen (secondary N) is 1. The fraction of sp³-hybridized carbons (Fsp3) is 0.333. The SMILES string of the molecule is CC1(C)Nc2ccccc2N(CCOC(=O)c2ccc(CS(C)(=O)=O)cc2)C1=O. The maximum Gasteiger partial charge on any atom is 0.338 e. The molecule has 2 aromatic rings. The van der Waals surface area contributed by atoms with Crippen LogP contribution in [0.15, 0.2) is 48.5 Å². The third-order valence-corrected chi connectivity index (χ3v) is 5.45. The Morgan fingerprint density at radius 3 is 2.41 bits per heavy atom. The van der Waals surface area contributed by atoms with Crippen LogP contribution in [0.4, 0.5) is 11.4 Å². The number of benzene rings is 2. The van der Waals surface area contributed by atoms with Crippen molar-refractivity contribution >= 4 is 33.1 Å². The molecule has 0 saturated heterocycles. The van der Waals surface area contributed by atoms with E-state index in [-0.39, 0.29) is 24.8 Å². The average molecular weight is 416 g/mol. The first kappa shape index (κ1) is 20.9. The first-order valence-electron chi connectivity index (χ1n) is 9.20. The number of rotatable bonds is 6. The van der Waals surface area contributed by atoms with Crippen molar-refractivity contribution in [3.05, 3.63) is 59.7 Å². The van der Waals surface area contributed by atoms with E-state index in [1.165, 1.54) is 12.1 Å². The van der Waals surface area contributed by atoms with Gasteiger partial charge in [-0.05, 0) is 43.7 Å². The zero-order valence-electron chi connectivity index (χ0n) is 16.6. The highest BCUT2D eigenvalue weighted by molar-refractivity contribution is 7.89. The van der Waals surface area contributed by atoms with E-state index in [4.69, 9.17) is 4.74 Å². The van der Waals surface area contributed by atoms with Gasteiger partial charge in [0.25, 0.3) is 5.91 Å². The Morgan fingerprint density at radius 2 is 1.76 bits per heavy atom. The number of nitrogens with zero attached hydrogens (tertiary/aromatic N) is 1. The van der Waals surface area contributed by atoms with Crippen molar-refractivity contribution in [1.82, 2.24) is 0 Å². The van der Waals surface area contributed by atoms with Gasteiger partial charge in [-0.15, -0.1) is 0 Å². The number of amides is 1. The van der Waals surface area contributed by atoms with Crippen LogP contribution in [0.5, 0.6) is 0 Å². The van der Waals surface area contributed by atoms with Gasteiger partial charge < -0.3 is 15.0 Å². The van der Waals surface area contributed by atoms with Crippen LogP contribution in [0.1, 0.15) is 29.8 Å². The lowest BCUT2D eigenvalue weighted by molar-refractivity contribution is -0.122. The molecule has 154 valence electrons. The van der Waals surface area contributed by atoms with Crippen molar-refractivity contribution in [2.24, 2.45) is 0 Å². The Hall–Kier alpha value is -2.87. The predicted molar refractivity (Wildman–Crippen MR) is 112 cm³/mol. The van der Waals surface area contributed by atoms with Gasteiger partial charge in [-0.25, -0.2) is 13.2 Å². The van der Waals surface area contributed by atoms with Crippen molar-refractivity contribution in [2.75, 3.05) is 29.6 Å². The summed E-state index contributed by atoms with van der Waals surface area (Å²) in [5, 5.41) is 3.22. The molecular weight excluding hydrogens is 392 g/mol. The van der Waals surface area contributed by atoms with Crippen LogP contribution in [-0.2, 0) is 25.1 Å². The van der Waals surface area contributed by atoms with E-state index in [0.717, 1.165) is 17.6 Å². The van der Waals surface area contributed by atoms with Crippen LogP contribution in [0.2, 0.25) is 0 Å². The quantitative estimate of drug-likeness (QED) is 0.728. The Kier molecular flexibility index (Phi) is 5.66. The second kappa shape index (κ2) is 7.87. The smallest absolute Gasteiger partial charge is 0.338 e. The summed E-state index contributed by atoms with van der Waals surface area (Å²) < 4.78 is 28.0. The monoisotopic (exact) mass is 416 g/mol. The van der Waals surface area contributed by atoms with Crippen molar-refractivity contribution in [3.63, 3.8) is 0 Å². The fourth-order valence-electron chi connectivity index (χ4n) is 3.23. The second-order valence-electron chi connectivity index (χ2n) is 7.63. The summed E-state index contributed by atoms with van der Waals surface area (Å²) in [5.74, 6) is -0.703. The van der Waals surface area contributed by atoms with Crippen LogP contribution in [0.3, 0.4) is 0 Å². The van der Waals surface area contributed by atoms with Crippen LogP contribution < -0.4 is 10.2 Å². The molecule has 0 radical (unpaired) electrons. The van der Waals surface area contributed by atoms with Crippen molar-refractivity contribution in [3.8, 4) is 0 Å². The third kappa shape index (κ3) is 4.95. The summed E-state index contributed by atoms with van der Waals surface area (Å²) >= 11 is 0. The number of esters is 1. The summed E-state index contributed by atoms with van der Waals surface area (Å²) in [6.45, 7) is 3.89. The van der Waals surface area contributed by atoms with Gasteiger partial charge in [-0.1, -0.05) is 24.3 Å². The lowest BCUT2D eigenvalue weighted by atomic mass is 9.98. The van der Waals surface area contributed by atoms with Crippen LogP contribution in [0.25, 0.3) is 0 Å². The average Bonchev–Trinajstić information content (AvgIpc) is 2.63. The van der Waals surface area contributed by atoms with Crippen molar-refractivity contribution in [1.29, 1.82) is 0 Å². The summed E-state index contributed by atoms with van der Waals surface area (Å²) in [7, 11) is -3.13. The van der Waals surface area contributed by atoms with Crippen LogP contribution in [-0.4, -0.2) is 45.2 Å². The molecule has 29 heavy (non-hydrogen) atoms. The van der Waals surface area contributed by atoms with E-state index in [1.807, 2.05) is 38.1 Å². The lowest BCUT2D eigenvalue weighted by Crippen LogP contribution is -2.54. The maximum atomic E-state index is 12.8. The van der Waals surface area contributed by atoms with Gasteiger partial charge in [0.15, 0.2) is 9.84 Å². The van der Waals surface area contributed by atoms with E-state index in [9.17, 15) is 18.0 Å². The number of hydrogen-bond donors (Lipinski definition) is 1. The molecule has 7 nitrogen and oxygen atoms in total. The molecular formula is C21H24N2O5S. The highest BCUT2D eigenvalue weighted by Crippen LogP contribution is 2.34. The third-order valence-electron chi connectivity index (χ3n) is 4.59. The zero-order chi connectivity index (χ0) is 21.2. The van der Waals surface area contributed by atoms with E-state index in [1.54, 1.807) is 17.0 Å². The summed E-state index contributed by atoms with van der Waals surface area (Å²) in [6.07, 6.45) is 1.16. The molecule has 3 rings (SSSR count). The molecule has 0 fully saturated rings. The van der Waals surface area contributed by atoms with E-state index in [0.29, 0.717) is 11.1 Å². The normalized spacial score (nSPS) is 15.4. The number of sulfone groups is 1. The van der Waals surface area contributed by atoms with Crippen molar-refractivity contribution < 1.29 is 22.7 Å². The van der Waals surface area contributed by atoms with Gasteiger partial charge >= 0.3 is 5.97 Å². The fourth-order valence-corrected chi connectivity index (χ4v) is 4.02. The second-order valence-corrected chi connectivity index (χ2v) is 9.77. The molecule has 0 bridgehead atoms. The van der Waals surface area contributed by atoms with Gasteiger partial charge in [-0.2, -0.15) is 0 Å². The van der Waals surface area contributed by atoms with E-state index >= 15 is 0 Å². The molecule has 1 amide bonds. The van der Waals surface area contributed by atoms with Gasteiger partial charge in [0.1, 0.15) is 12.1 Å². The van der Waals surface area contributed by atoms with Crippen LogP contribution >= 0.6 is 0 Å². The van der Waals surface area contributed by atoms with Gasteiger partial charge in [-0.3, -0.25) is 4.79 Å². The minimum Gasteiger partial charge on any atom is -0.460 e. The minimum atomic E-state index is -3.13. The standard InChI is InChI=1S/C21H24N2O5S/c1-21(2)20(25)23(18-7-5-4-6-17(18)22-21)12-13-28-19(24)16-10-8-15(9-11-16)14-29(3,26)27/h4-11,22H,12-14H2,1-3H3. The Labute approximate surface area is 170 Å². The predicted octanol–water partition coefficient (Wildman–Crippen LogP) is 2.63. The van der Waals surface area contributed by atoms with E-state index < -0.39 is 21.3 Å². The molecule has 1 heterocycles. The summed E-state index contributed by atoms with van der Waals surface area (Å²) in [5.41, 5.74) is 1.78. The molecule has 1 aliphatic heterocycles. The Balaban J connectivity index is 1.63. The first-order valence-corrected chi connectivity index (χ1v) is 11.3. The number of fused-ring (bicyclic) bond motifs is 1. The summed E-state index contributed by atoms with van der Waals surface area (Å²) in [6, 6.07) is 13.8. The molecule has 0 aromatic heterocycles. The molecule has 2 aromatic carbocycles. The molecule has 8 heteroatoms. The zero-order valence-corrected chi connectivity index (χ0v) is 17.5. The van der Waals surface area contributed by atoms with Gasteiger partial charge in [0, 0.05) is 6.26 Å². The van der Waals surface area contributed by atoms with Gasteiger partial charge in [0.2, 0.25) is 0 Å². The Morgan fingerprint density at radius 1 is 1.10 bits per heavy atom. The molecule has 1 N–H and O–H groups in total. The molecule has 0 saturated carbocycles. The van der Waals surface area contributed by atoms with Crippen molar-refractivity contribution in [2.45, 2.75) is 25.1 Å². The topological polar surface area (TPSA) is 92.8 Å². The highest BCUT2D eigenvalue weighted by Gasteiger charge is 2.38. The number of hydrogen-bond acceptors (Lipinski definition) is 6. The number of anilines is 2. The van der Waals surface area contributed by atoms with E-state index in [2.05, 4.69) is 5.32 Å². The number of para-hydroxylation sites is 2. The number of carbonyl (C=O) groups is 2.